The van der Waals surface area contributed by atoms with E-state index < -0.39 is 5.60 Å². The topological polar surface area (TPSA) is 56.6 Å². The summed E-state index contributed by atoms with van der Waals surface area (Å²) in [5.41, 5.74) is 1.58. The smallest absolute Gasteiger partial charge is 0.410 e. The van der Waals surface area contributed by atoms with Gasteiger partial charge < -0.3 is 18.9 Å². The minimum Gasteiger partial charge on any atom is -0.486 e. The molecule has 3 aromatic carbocycles. The van der Waals surface area contributed by atoms with Crippen molar-refractivity contribution in [1.29, 1.82) is 0 Å². The van der Waals surface area contributed by atoms with Crippen LogP contribution in [-0.4, -0.2) is 38.7 Å². The molecule has 1 saturated heterocycles. The van der Waals surface area contributed by atoms with Crippen LogP contribution in [0.2, 0.25) is 5.02 Å². The molecule has 1 aliphatic rings. The molecule has 0 aliphatic carbocycles. The lowest BCUT2D eigenvalue weighted by Gasteiger charge is -2.37. The highest BCUT2D eigenvalue weighted by Crippen LogP contribution is 2.27. The molecule has 0 N–H and O–H groups in total. The Morgan fingerprint density at radius 1 is 1.05 bits per heavy atom. The van der Waals surface area contributed by atoms with Gasteiger partial charge in [0.1, 0.15) is 23.8 Å². The van der Waals surface area contributed by atoms with Crippen LogP contribution in [0, 0.1) is 0 Å². The van der Waals surface area contributed by atoms with Crippen LogP contribution >= 0.6 is 11.6 Å². The quantitative estimate of drug-likeness (QED) is 0.241. The van der Waals surface area contributed by atoms with Crippen LogP contribution in [0.4, 0.5) is 4.79 Å². The third-order valence-electron chi connectivity index (χ3n) is 7.05. The van der Waals surface area contributed by atoms with Gasteiger partial charge in [-0.3, -0.25) is 0 Å². The Kier molecular flexibility index (Phi) is 7.80. The Bertz CT molecular complexity index is 1410. The molecule has 1 amide bonds. The van der Waals surface area contributed by atoms with Gasteiger partial charge in [-0.25, -0.2) is 9.78 Å². The molecule has 1 atom stereocenters. The molecule has 1 aromatic heterocycles. The van der Waals surface area contributed by atoms with E-state index in [9.17, 15) is 4.79 Å². The largest absolute Gasteiger partial charge is 0.486 e. The van der Waals surface area contributed by atoms with Gasteiger partial charge in [0.15, 0.2) is 0 Å². The fourth-order valence-corrected chi connectivity index (χ4v) is 5.37. The lowest BCUT2D eigenvalue weighted by atomic mass is 9.98. The van der Waals surface area contributed by atoms with E-state index in [0.717, 1.165) is 67.8 Å². The number of likely N-dealkylation sites (tertiary alicyclic amines) is 1. The fourth-order valence-electron chi connectivity index (χ4n) is 5.25. The fraction of sp³-hybridized carbons (Fsp3) is 0.419. The van der Waals surface area contributed by atoms with Crippen LogP contribution < -0.4 is 4.74 Å². The predicted octanol–water partition coefficient (Wildman–Crippen LogP) is 7.99. The summed E-state index contributed by atoms with van der Waals surface area (Å²) < 4.78 is 14.1. The maximum Gasteiger partial charge on any atom is 0.410 e. The van der Waals surface area contributed by atoms with Gasteiger partial charge in [-0.2, -0.15) is 0 Å². The number of hydrogen-bond acceptors (Lipinski definition) is 4. The zero-order valence-corrected chi connectivity index (χ0v) is 23.2. The number of amides is 1. The number of rotatable bonds is 7. The molecule has 5 rings (SSSR count). The van der Waals surface area contributed by atoms with Crippen molar-refractivity contribution in [3.8, 4) is 5.75 Å². The van der Waals surface area contributed by atoms with Gasteiger partial charge in [-0.1, -0.05) is 35.9 Å². The van der Waals surface area contributed by atoms with Gasteiger partial charge in [0.25, 0.3) is 0 Å². The summed E-state index contributed by atoms with van der Waals surface area (Å²) in [5, 5.41) is 3.04. The zero-order chi connectivity index (χ0) is 26.7. The van der Waals surface area contributed by atoms with Crippen molar-refractivity contribution >= 4 is 39.5 Å². The van der Waals surface area contributed by atoms with E-state index >= 15 is 0 Å². The molecule has 6 nitrogen and oxygen atoms in total. The van der Waals surface area contributed by atoms with Crippen LogP contribution in [0.3, 0.4) is 0 Å². The molecule has 0 bridgehead atoms. The molecule has 1 fully saturated rings. The van der Waals surface area contributed by atoms with Crippen molar-refractivity contribution in [2.75, 3.05) is 6.54 Å². The van der Waals surface area contributed by atoms with Gasteiger partial charge in [0.2, 0.25) is 0 Å². The van der Waals surface area contributed by atoms with E-state index in [1.165, 1.54) is 10.8 Å². The number of imidazole rings is 1. The minimum absolute atomic E-state index is 0.196. The van der Waals surface area contributed by atoms with Crippen molar-refractivity contribution in [2.45, 2.75) is 77.7 Å². The molecule has 2 heterocycles. The average Bonchev–Trinajstić information content (AvgIpc) is 3.22. The number of piperidine rings is 1. The highest BCUT2D eigenvalue weighted by atomic mass is 35.5. The molecule has 0 saturated carbocycles. The number of hydrogen-bond donors (Lipinski definition) is 0. The molecule has 4 aromatic rings. The Morgan fingerprint density at radius 2 is 1.79 bits per heavy atom. The summed E-state index contributed by atoms with van der Waals surface area (Å²) >= 11 is 6.04. The van der Waals surface area contributed by atoms with E-state index in [4.69, 9.17) is 26.1 Å². The third-order valence-corrected chi connectivity index (χ3v) is 7.30. The van der Waals surface area contributed by atoms with Crippen molar-refractivity contribution in [2.24, 2.45) is 0 Å². The van der Waals surface area contributed by atoms with E-state index in [2.05, 4.69) is 41.0 Å². The number of aryl methyl sites for hydroxylation is 1. The second-order valence-electron chi connectivity index (χ2n) is 11.1. The normalized spacial score (nSPS) is 16.2. The van der Waals surface area contributed by atoms with Crippen LogP contribution in [-0.2, 0) is 17.9 Å². The summed E-state index contributed by atoms with van der Waals surface area (Å²) in [5.74, 6) is 1.64. The van der Waals surface area contributed by atoms with Crippen LogP contribution in [0.1, 0.15) is 58.7 Å². The first-order valence-corrected chi connectivity index (χ1v) is 13.9. The molecular weight excluding hydrogens is 498 g/mol. The maximum atomic E-state index is 12.9. The molecule has 1 aliphatic heterocycles. The highest BCUT2D eigenvalue weighted by Gasteiger charge is 2.30. The predicted molar refractivity (Wildman–Crippen MR) is 153 cm³/mol. The first-order valence-electron chi connectivity index (χ1n) is 13.5. The van der Waals surface area contributed by atoms with E-state index in [1.54, 1.807) is 0 Å². The Hall–Kier alpha value is -3.25. The van der Waals surface area contributed by atoms with Crippen LogP contribution in [0.5, 0.6) is 5.75 Å². The maximum absolute atomic E-state index is 12.9. The SMILES string of the molecule is CC(C)(C)OC(=O)N1CCCCC1CCCn1c(COc2ccc(Cl)cc2)nc2cc3ccccc3cc21. The summed E-state index contributed by atoms with van der Waals surface area (Å²) in [7, 11) is 0. The van der Waals surface area contributed by atoms with Crippen molar-refractivity contribution in [3.05, 3.63) is 71.5 Å². The van der Waals surface area contributed by atoms with E-state index in [-0.39, 0.29) is 12.1 Å². The van der Waals surface area contributed by atoms with Crippen LogP contribution in [0.25, 0.3) is 21.8 Å². The van der Waals surface area contributed by atoms with Crippen molar-refractivity contribution < 1.29 is 14.3 Å². The number of ether oxygens (including phenoxy) is 2. The summed E-state index contributed by atoms with van der Waals surface area (Å²) in [6.45, 7) is 7.69. The molecule has 1 unspecified atom stereocenters. The zero-order valence-electron chi connectivity index (χ0n) is 22.5. The lowest BCUT2D eigenvalue weighted by Crippen LogP contribution is -2.46. The number of aromatic nitrogens is 2. The molecular formula is C31H36ClN3O3. The van der Waals surface area contributed by atoms with Gasteiger partial charge in [0.05, 0.1) is 11.0 Å². The number of carbonyl (C=O) groups excluding carboxylic acids is 1. The van der Waals surface area contributed by atoms with E-state index in [1.807, 2.05) is 49.9 Å². The standard InChI is InChI=1S/C31H36ClN3O3/c1-31(2,3)38-30(36)34-17-7-6-11-25(34)12-8-18-35-28-20-23-10-5-4-9-22(23)19-27(28)33-29(35)21-37-26-15-13-24(32)14-16-26/h4-5,9-10,13-16,19-20,25H,6-8,11-12,17-18,21H2,1-3H3. The number of benzene rings is 3. The lowest BCUT2D eigenvalue weighted by molar-refractivity contribution is 0.00852. The Balaban J connectivity index is 1.35. The molecule has 7 heteroatoms. The molecule has 0 radical (unpaired) electrons. The number of carbonyl (C=O) groups is 1. The molecule has 0 spiro atoms. The third kappa shape index (κ3) is 6.24. The first-order chi connectivity index (χ1) is 18.3. The van der Waals surface area contributed by atoms with E-state index in [0.29, 0.717) is 11.6 Å². The molecule has 38 heavy (non-hydrogen) atoms. The number of fused-ring (bicyclic) bond motifs is 2. The van der Waals surface area contributed by atoms with Gasteiger partial charge in [-0.15, -0.1) is 0 Å². The second-order valence-corrected chi connectivity index (χ2v) is 11.5. The number of nitrogens with zero attached hydrogens (tertiary/aromatic N) is 3. The highest BCUT2D eigenvalue weighted by molar-refractivity contribution is 6.30. The van der Waals surface area contributed by atoms with Gasteiger partial charge in [0, 0.05) is 24.2 Å². The van der Waals surface area contributed by atoms with Crippen molar-refractivity contribution in [3.63, 3.8) is 0 Å². The summed E-state index contributed by atoms with van der Waals surface area (Å²) in [4.78, 5) is 19.8. The van der Waals surface area contributed by atoms with Gasteiger partial charge in [-0.05, 0) is 100 Å². The summed E-state index contributed by atoms with van der Waals surface area (Å²) in [6.07, 6.45) is 4.84. The average molecular weight is 534 g/mol. The Morgan fingerprint density at radius 3 is 2.53 bits per heavy atom. The minimum atomic E-state index is -0.490. The van der Waals surface area contributed by atoms with Crippen LogP contribution in [0.15, 0.2) is 60.7 Å². The molecule has 200 valence electrons. The Labute approximate surface area is 229 Å². The number of halogens is 1. The van der Waals surface area contributed by atoms with Gasteiger partial charge >= 0.3 is 6.09 Å². The monoisotopic (exact) mass is 533 g/mol. The second kappa shape index (κ2) is 11.2. The van der Waals surface area contributed by atoms with Crippen molar-refractivity contribution in [1.82, 2.24) is 14.5 Å². The first kappa shape index (κ1) is 26.4. The summed E-state index contributed by atoms with van der Waals surface area (Å²) in [6, 6.07) is 20.3.